The summed E-state index contributed by atoms with van der Waals surface area (Å²) >= 11 is 6.87. The van der Waals surface area contributed by atoms with Gasteiger partial charge in [0.05, 0.1) is 16.8 Å². The molecule has 1 saturated carbocycles. The minimum atomic E-state index is -1.32. The van der Waals surface area contributed by atoms with E-state index in [1.165, 1.54) is 12.1 Å². The van der Waals surface area contributed by atoms with Crippen LogP contribution >= 0.6 is 23.1 Å². The monoisotopic (exact) mass is 617 g/mol. The lowest BCUT2D eigenvalue weighted by atomic mass is 9.95. The molecule has 10 nitrogen and oxygen atoms in total. The number of hydrogen-bond donors (Lipinski definition) is 3. The summed E-state index contributed by atoms with van der Waals surface area (Å²) < 4.78 is 29.9. The Labute approximate surface area is 251 Å². The lowest BCUT2D eigenvalue weighted by Crippen LogP contribution is -2.45. The number of carbonyl (C=O) groups is 3. The minimum Gasteiger partial charge on any atom is -0.464 e. The SMILES string of the molecule is Cc1ccc([C@@H](C(=O)NC[C@H]2CCCO2)N(C(=O)c2snc(C(=O)NC3CCCCC3)c2N)c2ccc(F)c(Cl)c2)o1. The van der Waals surface area contributed by atoms with E-state index in [0.29, 0.717) is 12.4 Å². The predicted octanol–water partition coefficient (Wildman–Crippen LogP) is 5.17. The van der Waals surface area contributed by atoms with E-state index in [1.807, 2.05) is 0 Å². The largest absolute Gasteiger partial charge is 0.464 e. The zero-order valence-corrected chi connectivity index (χ0v) is 24.7. The van der Waals surface area contributed by atoms with Crippen LogP contribution in [-0.2, 0) is 9.53 Å². The fourth-order valence-electron chi connectivity index (χ4n) is 5.33. The molecule has 1 aromatic carbocycles. The summed E-state index contributed by atoms with van der Waals surface area (Å²) in [6.45, 7) is 2.56. The van der Waals surface area contributed by atoms with Crippen LogP contribution in [0.4, 0.5) is 15.8 Å². The molecule has 2 aromatic heterocycles. The van der Waals surface area contributed by atoms with Crippen molar-refractivity contribution in [2.24, 2.45) is 0 Å². The fraction of sp³-hybridized carbons (Fsp3) is 0.448. The molecule has 0 bridgehead atoms. The normalized spacial score (nSPS) is 18.0. The van der Waals surface area contributed by atoms with Gasteiger partial charge < -0.3 is 25.5 Å². The highest BCUT2D eigenvalue weighted by Crippen LogP contribution is 2.35. The molecule has 3 amide bonds. The second-order valence-electron chi connectivity index (χ2n) is 10.6. The van der Waals surface area contributed by atoms with Crippen LogP contribution in [-0.4, -0.2) is 47.4 Å². The Morgan fingerprint density at radius 2 is 1.95 bits per heavy atom. The van der Waals surface area contributed by atoms with Crippen LogP contribution in [0.3, 0.4) is 0 Å². The van der Waals surface area contributed by atoms with Crippen LogP contribution in [0, 0.1) is 12.7 Å². The van der Waals surface area contributed by atoms with Crippen LogP contribution < -0.4 is 21.3 Å². The van der Waals surface area contributed by atoms with Crippen LogP contribution in [0.15, 0.2) is 34.7 Å². The van der Waals surface area contributed by atoms with Crippen molar-refractivity contribution in [3.8, 4) is 0 Å². The zero-order valence-electron chi connectivity index (χ0n) is 23.2. The van der Waals surface area contributed by atoms with Gasteiger partial charge in [0.15, 0.2) is 11.7 Å². The van der Waals surface area contributed by atoms with E-state index in [0.717, 1.165) is 67.4 Å². The summed E-state index contributed by atoms with van der Waals surface area (Å²) in [6.07, 6.45) is 6.45. The molecular weight excluding hydrogens is 585 g/mol. The number of nitrogens with one attached hydrogen (secondary N) is 2. The summed E-state index contributed by atoms with van der Waals surface area (Å²) in [7, 11) is 0. The third-order valence-corrected chi connectivity index (χ3v) is 8.68. The van der Waals surface area contributed by atoms with E-state index in [9.17, 15) is 18.8 Å². The molecule has 42 heavy (non-hydrogen) atoms. The van der Waals surface area contributed by atoms with Crippen molar-refractivity contribution in [1.29, 1.82) is 0 Å². The molecule has 3 aromatic rings. The second-order valence-corrected chi connectivity index (χ2v) is 11.8. The zero-order chi connectivity index (χ0) is 29.8. The molecule has 13 heteroatoms. The summed E-state index contributed by atoms with van der Waals surface area (Å²) in [5.41, 5.74) is 6.32. The smallest absolute Gasteiger partial charge is 0.273 e. The summed E-state index contributed by atoms with van der Waals surface area (Å²) in [5.74, 6) is -1.74. The molecule has 0 unspecified atom stereocenters. The lowest BCUT2D eigenvalue weighted by Gasteiger charge is -2.30. The minimum absolute atomic E-state index is 0.0171. The average Bonchev–Trinajstić information content (AvgIpc) is 3.74. The van der Waals surface area contributed by atoms with Crippen molar-refractivity contribution >= 4 is 52.2 Å². The number of halogens is 2. The van der Waals surface area contributed by atoms with Gasteiger partial charge in [-0.3, -0.25) is 19.3 Å². The van der Waals surface area contributed by atoms with Crippen LogP contribution in [0.25, 0.3) is 0 Å². The molecule has 4 N–H and O–H groups in total. The molecular formula is C29H33ClFN5O5S. The van der Waals surface area contributed by atoms with Gasteiger partial charge in [0.25, 0.3) is 17.7 Å². The highest BCUT2D eigenvalue weighted by atomic mass is 35.5. The van der Waals surface area contributed by atoms with Gasteiger partial charge in [-0.1, -0.05) is 30.9 Å². The molecule has 0 spiro atoms. The maximum atomic E-state index is 14.3. The molecule has 1 saturated heterocycles. The molecule has 1 aliphatic heterocycles. The van der Waals surface area contributed by atoms with Gasteiger partial charge in [-0.2, -0.15) is 4.37 Å². The summed E-state index contributed by atoms with van der Waals surface area (Å²) in [5, 5.41) is 5.59. The van der Waals surface area contributed by atoms with Crippen molar-refractivity contribution in [1.82, 2.24) is 15.0 Å². The number of anilines is 2. The Balaban J connectivity index is 1.51. The van der Waals surface area contributed by atoms with E-state index in [1.54, 1.807) is 19.1 Å². The maximum absolute atomic E-state index is 14.3. The number of aromatic nitrogens is 1. The first-order valence-corrected chi connectivity index (χ1v) is 15.2. The number of ether oxygens (including phenoxy) is 1. The molecule has 2 aliphatic rings. The Morgan fingerprint density at radius 1 is 1.17 bits per heavy atom. The number of furan rings is 1. The maximum Gasteiger partial charge on any atom is 0.273 e. The van der Waals surface area contributed by atoms with Gasteiger partial charge in [0.2, 0.25) is 0 Å². The Kier molecular flexibility index (Phi) is 9.44. The second kappa shape index (κ2) is 13.2. The fourth-order valence-corrected chi connectivity index (χ4v) is 6.24. The van der Waals surface area contributed by atoms with E-state index >= 15 is 0 Å². The van der Waals surface area contributed by atoms with Crippen LogP contribution in [0.1, 0.15) is 82.7 Å². The topological polar surface area (TPSA) is 140 Å². The molecule has 2 atom stereocenters. The number of carbonyl (C=O) groups excluding carboxylic acids is 3. The molecule has 5 rings (SSSR count). The molecule has 1 aliphatic carbocycles. The quantitative estimate of drug-likeness (QED) is 0.301. The van der Waals surface area contributed by atoms with E-state index in [4.69, 9.17) is 26.5 Å². The standard InChI is InChI=1S/C29H33ClFN5O5S/c1-16-9-12-22(41-16)25(28(38)33-15-19-8-5-13-40-19)36(18-10-11-21(31)20(30)14-18)29(39)26-23(32)24(35-42-26)27(37)34-17-6-3-2-4-7-17/h9-12,14,17,19,25H,2-8,13,15,32H2,1H3,(H,33,38)(H,34,37)/t19-,25+/m1/s1. The number of aryl methyl sites for hydroxylation is 1. The van der Waals surface area contributed by atoms with E-state index in [-0.39, 0.29) is 51.4 Å². The first-order valence-electron chi connectivity index (χ1n) is 14.0. The van der Waals surface area contributed by atoms with Gasteiger partial charge in [-0.25, -0.2) is 4.39 Å². The van der Waals surface area contributed by atoms with Crippen molar-refractivity contribution in [3.63, 3.8) is 0 Å². The van der Waals surface area contributed by atoms with Gasteiger partial charge in [0, 0.05) is 24.9 Å². The van der Waals surface area contributed by atoms with Gasteiger partial charge in [-0.15, -0.1) is 0 Å². The number of nitrogens with two attached hydrogens (primary N) is 1. The number of nitrogen functional groups attached to an aromatic ring is 1. The third-order valence-electron chi connectivity index (χ3n) is 7.54. The van der Waals surface area contributed by atoms with Gasteiger partial charge >= 0.3 is 0 Å². The third kappa shape index (κ3) is 6.61. The van der Waals surface area contributed by atoms with Gasteiger partial charge in [0.1, 0.15) is 22.2 Å². The van der Waals surface area contributed by atoms with Crippen molar-refractivity contribution in [3.05, 3.63) is 63.3 Å². The predicted molar refractivity (Wildman–Crippen MR) is 157 cm³/mol. The van der Waals surface area contributed by atoms with E-state index in [2.05, 4.69) is 15.0 Å². The number of benzene rings is 1. The molecule has 3 heterocycles. The first kappa shape index (κ1) is 30.0. The van der Waals surface area contributed by atoms with Crippen molar-refractivity contribution < 1.29 is 27.9 Å². The average molecular weight is 618 g/mol. The number of rotatable bonds is 9. The highest BCUT2D eigenvalue weighted by Gasteiger charge is 2.38. The van der Waals surface area contributed by atoms with Gasteiger partial charge in [-0.05, 0) is 74.5 Å². The van der Waals surface area contributed by atoms with Crippen LogP contribution in [0.2, 0.25) is 5.02 Å². The number of nitrogens with zero attached hydrogens (tertiary/aromatic N) is 2. The Bertz CT molecular complexity index is 1450. The Hall–Kier alpha value is -3.48. The summed E-state index contributed by atoms with van der Waals surface area (Å²) in [4.78, 5) is 42.2. The van der Waals surface area contributed by atoms with E-state index < -0.39 is 29.6 Å². The van der Waals surface area contributed by atoms with Crippen molar-refractivity contribution in [2.45, 2.75) is 70.1 Å². The highest BCUT2D eigenvalue weighted by molar-refractivity contribution is 7.09. The number of hydrogen-bond acceptors (Lipinski definition) is 8. The lowest BCUT2D eigenvalue weighted by molar-refractivity contribution is -0.123. The summed E-state index contributed by atoms with van der Waals surface area (Å²) in [6, 6.07) is 5.65. The Morgan fingerprint density at radius 3 is 2.62 bits per heavy atom. The first-order chi connectivity index (χ1) is 20.2. The molecule has 224 valence electrons. The van der Waals surface area contributed by atoms with Crippen LogP contribution in [0.5, 0.6) is 0 Å². The van der Waals surface area contributed by atoms with Crippen molar-refractivity contribution in [2.75, 3.05) is 23.8 Å². The molecule has 2 fully saturated rings. The molecule has 0 radical (unpaired) electrons. The number of amides is 3.